The standard InChI is InChI=1S/C19H22N2O2S/c1-14(24-18-5-3-4-11-20-18)19(22)21-12-10-16(13-21)15-6-8-17(23-2)9-7-15/h3-9,11,14,16H,10,12-13H2,1-2H3/t14-,16+/m1/s1. The zero-order valence-corrected chi connectivity index (χ0v) is 14.8. The lowest BCUT2D eigenvalue weighted by atomic mass is 9.98. The van der Waals surface area contributed by atoms with Gasteiger partial charge in [0.05, 0.1) is 17.4 Å². The fourth-order valence-corrected chi connectivity index (χ4v) is 3.91. The highest BCUT2D eigenvalue weighted by Crippen LogP contribution is 2.30. The van der Waals surface area contributed by atoms with Crippen molar-refractivity contribution < 1.29 is 9.53 Å². The number of benzene rings is 1. The maximum absolute atomic E-state index is 12.7. The molecular formula is C19H22N2O2S. The van der Waals surface area contributed by atoms with Crippen molar-refractivity contribution in [2.24, 2.45) is 0 Å². The number of carbonyl (C=O) groups excluding carboxylic acids is 1. The monoisotopic (exact) mass is 342 g/mol. The van der Waals surface area contributed by atoms with Gasteiger partial charge in [0.2, 0.25) is 5.91 Å². The average Bonchev–Trinajstić information content (AvgIpc) is 3.12. The molecule has 0 saturated carbocycles. The van der Waals surface area contributed by atoms with E-state index in [1.54, 1.807) is 13.3 Å². The average molecular weight is 342 g/mol. The van der Waals surface area contributed by atoms with Crippen LogP contribution in [-0.2, 0) is 4.79 Å². The first-order chi connectivity index (χ1) is 11.7. The van der Waals surface area contributed by atoms with Gasteiger partial charge in [0.1, 0.15) is 5.75 Å². The molecule has 1 aliphatic rings. The van der Waals surface area contributed by atoms with Crippen LogP contribution in [0.2, 0.25) is 0 Å². The van der Waals surface area contributed by atoms with Gasteiger partial charge in [-0.1, -0.05) is 30.0 Å². The Kier molecular flexibility index (Phi) is 5.41. The van der Waals surface area contributed by atoms with Crippen molar-refractivity contribution in [1.82, 2.24) is 9.88 Å². The van der Waals surface area contributed by atoms with Crippen LogP contribution >= 0.6 is 11.8 Å². The summed E-state index contributed by atoms with van der Waals surface area (Å²) >= 11 is 1.52. The zero-order valence-electron chi connectivity index (χ0n) is 14.0. The van der Waals surface area contributed by atoms with Crippen LogP contribution in [0.25, 0.3) is 0 Å². The Morgan fingerprint density at radius 1 is 1.29 bits per heavy atom. The highest BCUT2D eigenvalue weighted by atomic mass is 32.2. The number of amides is 1. The van der Waals surface area contributed by atoms with Crippen molar-refractivity contribution in [3.05, 3.63) is 54.2 Å². The molecule has 2 atom stereocenters. The first-order valence-electron chi connectivity index (χ1n) is 8.18. The van der Waals surface area contributed by atoms with Gasteiger partial charge in [-0.25, -0.2) is 4.98 Å². The van der Waals surface area contributed by atoms with Crippen molar-refractivity contribution in [3.63, 3.8) is 0 Å². The molecular weight excluding hydrogens is 320 g/mol. The number of hydrogen-bond donors (Lipinski definition) is 0. The molecule has 0 aliphatic carbocycles. The molecule has 3 rings (SSSR count). The highest BCUT2D eigenvalue weighted by Gasteiger charge is 2.30. The number of aromatic nitrogens is 1. The fourth-order valence-electron chi connectivity index (χ4n) is 3.01. The van der Waals surface area contributed by atoms with Crippen molar-refractivity contribution in [2.75, 3.05) is 20.2 Å². The second-order valence-corrected chi connectivity index (χ2v) is 7.33. The van der Waals surface area contributed by atoms with E-state index in [-0.39, 0.29) is 11.2 Å². The smallest absolute Gasteiger partial charge is 0.235 e. The summed E-state index contributed by atoms with van der Waals surface area (Å²) in [4.78, 5) is 19.0. The van der Waals surface area contributed by atoms with Crippen LogP contribution in [0.3, 0.4) is 0 Å². The molecule has 2 aromatic rings. The van der Waals surface area contributed by atoms with Gasteiger partial charge < -0.3 is 9.64 Å². The maximum Gasteiger partial charge on any atom is 0.235 e. The summed E-state index contributed by atoms with van der Waals surface area (Å²) in [7, 11) is 1.67. The Balaban J connectivity index is 1.58. The lowest BCUT2D eigenvalue weighted by molar-refractivity contribution is -0.129. The minimum absolute atomic E-state index is 0.116. The topological polar surface area (TPSA) is 42.4 Å². The second-order valence-electron chi connectivity index (χ2n) is 5.97. The van der Waals surface area contributed by atoms with Gasteiger partial charge in [0.25, 0.3) is 0 Å². The number of likely N-dealkylation sites (tertiary alicyclic amines) is 1. The van der Waals surface area contributed by atoms with Gasteiger partial charge in [0.15, 0.2) is 0 Å². The van der Waals surface area contributed by atoms with Crippen LogP contribution < -0.4 is 4.74 Å². The number of thioether (sulfide) groups is 1. The van der Waals surface area contributed by atoms with E-state index in [1.165, 1.54) is 17.3 Å². The van der Waals surface area contributed by atoms with Gasteiger partial charge in [-0.3, -0.25) is 4.79 Å². The lowest BCUT2D eigenvalue weighted by Crippen LogP contribution is -2.34. The summed E-state index contributed by atoms with van der Waals surface area (Å²) < 4.78 is 5.21. The Morgan fingerprint density at radius 2 is 2.08 bits per heavy atom. The van der Waals surface area contributed by atoms with Gasteiger partial charge in [-0.2, -0.15) is 0 Å². The van der Waals surface area contributed by atoms with Gasteiger partial charge in [0, 0.05) is 25.2 Å². The van der Waals surface area contributed by atoms with Crippen LogP contribution in [0.15, 0.2) is 53.7 Å². The summed E-state index contributed by atoms with van der Waals surface area (Å²) in [5.74, 6) is 1.47. The van der Waals surface area contributed by atoms with Crippen LogP contribution in [0.1, 0.15) is 24.8 Å². The summed E-state index contributed by atoms with van der Waals surface area (Å²) in [6, 6.07) is 13.9. The summed E-state index contributed by atoms with van der Waals surface area (Å²) in [6.45, 7) is 3.57. The van der Waals surface area contributed by atoms with Gasteiger partial charge in [-0.15, -0.1) is 0 Å². The molecule has 0 bridgehead atoms. The quantitative estimate of drug-likeness (QED) is 0.779. The third-order valence-corrected chi connectivity index (χ3v) is 5.41. The number of rotatable bonds is 5. The van der Waals surface area contributed by atoms with Gasteiger partial charge >= 0.3 is 0 Å². The molecule has 0 radical (unpaired) electrons. The Bertz CT molecular complexity index is 676. The summed E-state index contributed by atoms with van der Waals surface area (Å²) in [6.07, 6.45) is 2.77. The van der Waals surface area contributed by atoms with E-state index in [4.69, 9.17) is 4.74 Å². The summed E-state index contributed by atoms with van der Waals surface area (Å²) in [5, 5.41) is 0.777. The molecule has 4 nitrogen and oxygen atoms in total. The molecule has 1 aromatic carbocycles. The normalized spacial score (nSPS) is 18.4. The molecule has 0 spiro atoms. The molecule has 1 aliphatic heterocycles. The SMILES string of the molecule is COc1ccc([C@H]2CCN(C(=O)[C@@H](C)Sc3ccccn3)C2)cc1. The molecule has 1 amide bonds. The van der Waals surface area contributed by atoms with Crippen LogP contribution in [-0.4, -0.2) is 41.2 Å². The predicted octanol–water partition coefficient (Wildman–Crippen LogP) is 3.59. The zero-order chi connectivity index (χ0) is 16.9. The molecule has 5 heteroatoms. The van der Waals surface area contributed by atoms with E-state index in [1.807, 2.05) is 42.2 Å². The van der Waals surface area contributed by atoms with Crippen molar-refractivity contribution in [2.45, 2.75) is 29.5 Å². The van der Waals surface area contributed by atoms with Gasteiger partial charge in [-0.05, 0) is 43.2 Å². The largest absolute Gasteiger partial charge is 0.497 e. The third kappa shape index (κ3) is 3.90. The van der Waals surface area contributed by atoms with Crippen molar-refractivity contribution in [1.29, 1.82) is 0 Å². The summed E-state index contributed by atoms with van der Waals surface area (Å²) in [5.41, 5.74) is 1.27. The van der Waals surface area contributed by atoms with Crippen LogP contribution in [0.4, 0.5) is 0 Å². The molecule has 2 heterocycles. The number of ether oxygens (including phenoxy) is 1. The van der Waals surface area contributed by atoms with Crippen molar-refractivity contribution >= 4 is 17.7 Å². The van der Waals surface area contributed by atoms with E-state index in [2.05, 4.69) is 17.1 Å². The minimum atomic E-state index is -0.116. The predicted molar refractivity (Wildman–Crippen MR) is 96.5 cm³/mol. The first-order valence-corrected chi connectivity index (χ1v) is 9.06. The molecule has 0 unspecified atom stereocenters. The maximum atomic E-state index is 12.7. The number of methoxy groups -OCH3 is 1. The van der Waals surface area contributed by atoms with Crippen molar-refractivity contribution in [3.8, 4) is 5.75 Å². The fraction of sp³-hybridized carbons (Fsp3) is 0.368. The van der Waals surface area contributed by atoms with E-state index in [0.717, 1.165) is 30.3 Å². The molecule has 1 fully saturated rings. The number of nitrogens with zero attached hydrogens (tertiary/aromatic N) is 2. The molecule has 1 aromatic heterocycles. The highest BCUT2D eigenvalue weighted by molar-refractivity contribution is 8.00. The third-order valence-electron chi connectivity index (χ3n) is 4.37. The number of pyridine rings is 1. The van der Waals surface area contributed by atoms with E-state index >= 15 is 0 Å². The Labute approximate surface area is 147 Å². The molecule has 126 valence electrons. The number of hydrogen-bond acceptors (Lipinski definition) is 4. The minimum Gasteiger partial charge on any atom is -0.497 e. The van der Waals surface area contributed by atoms with E-state index < -0.39 is 0 Å². The van der Waals surface area contributed by atoms with E-state index in [0.29, 0.717) is 5.92 Å². The Morgan fingerprint density at radius 3 is 2.75 bits per heavy atom. The first kappa shape index (κ1) is 16.8. The van der Waals surface area contributed by atoms with E-state index in [9.17, 15) is 4.79 Å². The molecule has 0 N–H and O–H groups in total. The Hall–Kier alpha value is -2.01. The van der Waals surface area contributed by atoms with Crippen LogP contribution in [0.5, 0.6) is 5.75 Å². The molecule has 24 heavy (non-hydrogen) atoms. The molecule has 1 saturated heterocycles. The lowest BCUT2D eigenvalue weighted by Gasteiger charge is -2.20. The van der Waals surface area contributed by atoms with Crippen LogP contribution in [0, 0.1) is 0 Å². The second kappa shape index (κ2) is 7.71. The number of carbonyl (C=O) groups is 1.